The van der Waals surface area contributed by atoms with E-state index < -0.39 is 0 Å². The van der Waals surface area contributed by atoms with E-state index in [0.717, 1.165) is 18.8 Å². The van der Waals surface area contributed by atoms with E-state index >= 15 is 0 Å². The molecule has 1 nitrogen and oxygen atoms in total. The molecular weight excluding hydrogens is 136 g/mol. The standard InChI is InChI=1S/C10H20O/c1-7-4-8(2)9(3)6-10(11)5-7/h7-11H,4-6H2,1-3H3. The maximum Gasteiger partial charge on any atom is 0.0545 e. The summed E-state index contributed by atoms with van der Waals surface area (Å²) in [5, 5.41) is 9.55. The lowest BCUT2D eigenvalue weighted by atomic mass is 9.89. The molecule has 0 heterocycles. The lowest BCUT2D eigenvalue weighted by Gasteiger charge is -2.17. The average molecular weight is 156 g/mol. The molecule has 0 radical (unpaired) electrons. The summed E-state index contributed by atoms with van der Waals surface area (Å²) in [6, 6.07) is 0. The highest BCUT2D eigenvalue weighted by Gasteiger charge is 2.24. The van der Waals surface area contributed by atoms with Gasteiger partial charge in [0, 0.05) is 0 Å². The van der Waals surface area contributed by atoms with Crippen molar-refractivity contribution in [3.8, 4) is 0 Å². The van der Waals surface area contributed by atoms with Crippen LogP contribution in [-0.4, -0.2) is 11.2 Å². The molecule has 1 aliphatic rings. The predicted octanol–water partition coefficient (Wildman–Crippen LogP) is 2.44. The van der Waals surface area contributed by atoms with E-state index in [1.54, 1.807) is 0 Å². The fourth-order valence-corrected chi connectivity index (χ4v) is 2.19. The van der Waals surface area contributed by atoms with Crippen molar-refractivity contribution in [2.45, 2.75) is 46.1 Å². The van der Waals surface area contributed by atoms with Gasteiger partial charge in [-0.15, -0.1) is 0 Å². The SMILES string of the molecule is CC1CC(O)CC(C)C(C)C1. The van der Waals surface area contributed by atoms with E-state index in [1.807, 2.05) is 0 Å². The highest BCUT2D eigenvalue weighted by Crippen LogP contribution is 2.31. The molecule has 0 spiro atoms. The van der Waals surface area contributed by atoms with Crippen molar-refractivity contribution in [1.82, 2.24) is 0 Å². The second-order valence-electron chi connectivity index (χ2n) is 4.42. The summed E-state index contributed by atoms with van der Waals surface area (Å²) >= 11 is 0. The Hall–Kier alpha value is -0.0400. The lowest BCUT2D eigenvalue weighted by Crippen LogP contribution is -2.12. The monoisotopic (exact) mass is 156 g/mol. The number of hydrogen-bond acceptors (Lipinski definition) is 1. The minimum Gasteiger partial charge on any atom is -0.393 e. The maximum absolute atomic E-state index is 9.55. The molecule has 66 valence electrons. The molecule has 0 aliphatic heterocycles. The zero-order valence-electron chi connectivity index (χ0n) is 7.88. The van der Waals surface area contributed by atoms with E-state index in [-0.39, 0.29) is 6.10 Å². The molecule has 11 heavy (non-hydrogen) atoms. The lowest BCUT2D eigenvalue weighted by molar-refractivity contribution is 0.131. The van der Waals surface area contributed by atoms with Crippen LogP contribution in [0.25, 0.3) is 0 Å². The van der Waals surface area contributed by atoms with Crippen LogP contribution in [0.4, 0.5) is 0 Å². The highest BCUT2D eigenvalue weighted by atomic mass is 16.3. The van der Waals surface area contributed by atoms with Crippen LogP contribution >= 0.6 is 0 Å². The molecule has 0 saturated heterocycles. The number of hydrogen-bond donors (Lipinski definition) is 1. The van der Waals surface area contributed by atoms with Crippen molar-refractivity contribution in [2.75, 3.05) is 0 Å². The van der Waals surface area contributed by atoms with Gasteiger partial charge in [0.15, 0.2) is 0 Å². The first-order valence-corrected chi connectivity index (χ1v) is 4.77. The molecule has 0 bridgehead atoms. The molecule has 1 fully saturated rings. The molecule has 1 saturated carbocycles. The van der Waals surface area contributed by atoms with Crippen LogP contribution in [0.3, 0.4) is 0 Å². The predicted molar refractivity (Wildman–Crippen MR) is 47.3 cm³/mol. The van der Waals surface area contributed by atoms with Gasteiger partial charge in [-0.05, 0) is 37.0 Å². The van der Waals surface area contributed by atoms with Gasteiger partial charge in [-0.2, -0.15) is 0 Å². The first-order valence-electron chi connectivity index (χ1n) is 4.77. The smallest absolute Gasteiger partial charge is 0.0545 e. The largest absolute Gasteiger partial charge is 0.393 e. The Balaban J connectivity index is 2.51. The Bertz CT molecular complexity index is 108. The van der Waals surface area contributed by atoms with Gasteiger partial charge in [0.05, 0.1) is 6.10 Å². The molecule has 0 aromatic rings. The first kappa shape index (κ1) is 9.05. The normalized spacial score (nSPS) is 46.9. The van der Waals surface area contributed by atoms with Gasteiger partial charge in [0.1, 0.15) is 0 Å². The van der Waals surface area contributed by atoms with E-state index in [2.05, 4.69) is 20.8 Å². The van der Waals surface area contributed by atoms with Crippen molar-refractivity contribution in [2.24, 2.45) is 17.8 Å². The summed E-state index contributed by atoms with van der Waals surface area (Å²) < 4.78 is 0. The van der Waals surface area contributed by atoms with Crippen LogP contribution in [0, 0.1) is 17.8 Å². The Kier molecular flexibility index (Phi) is 2.94. The molecular formula is C10H20O. The summed E-state index contributed by atoms with van der Waals surface area (Å²) in [5.74, 6) is 2.21. The average Bonchev–Trinajstić information content (AvgIpc) is 1.93. The third kappa shape index (κ3) is 2.48. The summed E-state index contributed by atoms with van der Waals surface area (Å²) in [7, 11) is 0. The van der Waals surface area contributed by atoms with Crippen molar-refractivity contribution in [3.05, 3.63) is 0 Å². The molecule has 1 aliphatic carbocycles. The molecule has 4 unspecified atom stereocenters. The van der Waals surface area contributed by atoms with Crippen LogP contribution in [0.15, 0.2) is 0 Å². The van der Waals surface area contributed by atoms with E-state index in [1.165, 1.54) is 6.42 Å². The fourth-order valence-electron chi connectivity index (χ4n) is 2.19. The van der Waals surface area contributed by atoms with Crippen LogP contribution < -0.4 is 0 Å². The van der Waals surface area contributed by atoms with Gasteiger partial charge in [-0.1, -0.05) is 20.8 Å². The Morgan fingerprint density at radius 3 is 2.09 bits per heavy atom. The van der Waals surface area contributed by atoms with Crippen LogP contribution in [0.5, 0.6) is 0 Å². The summed E-state index contributed by atoms with van der Waals surface area (Å²) in [6.07, 6.45) is 3.27. The molecule has 1 rings (SSSR count). The van der Waals surface area contributed by atoms with Crippen molar-refractivity contribution >= 4 is 0 Å². The van der Waals surface area contributed by atoms with Crippen molar-refractivity contribution in [3.63, 3.8) is 0 Å². The van der Waals surface area contributed by atoms with Crippen LogP contribution in [0.2, 0.25) is 0 Å². The Morgan fingerprint density at radius 1 is 0.909 bits per heavy atom. The topological polar surface area (TPSA) is 20.2 Å². The molecule has 1 heteroatoms. The second-order valence-corrected chi connectivity index (χ2v) is 4.42. The summed E-state index contributed by atoms with van der Waals surface area (Å²) in [6.45, 7) is 6.81. The minimum atomic E-state index is -0.0371. The van der Waals surface area contributed by atoms with Crippen molar-refractivity contribution in [1.29, 1.82) is 0 Å². The summed E-state index contributed by atoms with van der Waals surface area (Å²) in [5.41, 5.74) is 0. The zero-order chi connectivity index (χ0) is 8.43. The quantitative estimate of drug-likeness (QED) is 0.534. The van der Waals surface area contributed by atoms with Gasteiger partial charge in [-0.25, -0.2) is 0 Å². The Morgan fingerprint density at radius 2 is 1.45 bits per heavy atom. The highest BCUT2D eigenvalue weighted by molar-refractivity contribution is 4.75. The van der Waals surface area contributed by atoms with E-state index in [0.29, 0.717) is 11.8 Å². The van der Waals surface area contributed by atoms with Gasteiger partial charge in [0.25, 0.3) is 0 Å². The molecule has 0 aromatic carbocycles. The van der Waals surface area contributed by atoms with E-state index in [9.17, 15) is 5.11 Å². The second kappa shape index (κ2) is 3.57. The summed E-state index contributed by atoms with van der Waals surface area (Å²) in [4.78, 5) is 0. The van der Waals surface area contributed by atoms with Gasteiger partial charge in [0.2, 0.25) is 0 Å². The molecule has 4 atom stereocenters. The minimum absolute atomic E-state index is 0.0371. The third-order valence-corrected chi connectivity index (χ3v) is 3.06. The first-order chi connectivity index (χ1) is 5.09. The third-order valence-electron chi connectivity index (χ3n) is 3.06. The van der Waals surface area contributed by atoms with Crippen molar-refractivity contribution < 1.29 is 5.11 Å². The number of rotatable bonds is 0. The van der Waals surface area contributed by atoms with Gasteiger partial charge in [-0.3, -0.25) is 0 Å². The zero-order valence-corrected chi connectivity index (χ0v) is 7.88. The molecule has 0 amide bonds. The molecule has 0 aromatic heterocycles. The molecule has 1 N–H and O–H groups in total. The van der Waals surface area contributed by atoms with E-state index in [4.69, 9.17) is 0 Å². The van der Waals surface area contributed by atoms with Crippen LogP contribution in [0.1, 0.15) is 40.0 Å². The van der Waals surface area contributed by atoms with Gasteiger partial charge < -0.3 is 5.11 Å². The number of aliphatic hydroxyl groups is 1. The van der Waals surface area contributed by atoms with Crippen LogP contribution in [-0.2, 0) is 0 Å². The fraction of sp³-hybridized carbons (Fsp3) is 1.00. The Labute approximate surface area is 69.8 Å². The maximum atomic E-state index is 9.55. The number of aliphatic hydroxyl groups excluding tert-OH is 1. The van der Waals surface area contributed by atoms with Gasteiger partial charge >= 0.3 is 0 Å².